The van der Waals surface area contributed by atoms with Gasteiger partial charge in [0.2, 0.25) is 5.91 Å². The van der Waals surface area contributed by atoms with Gasteiger partial charge in [0.1, 0.15) is 12.6 Å². The molecule has 2 aliphatic rings. The van der Waals surface area contributed by atoms with Crippen LogP contribution in [-0.2, 0) is 14.3 Å². The van der Waals surface area contributed by atoms with Crippen molar-refractivity contribution in [2.75, 3.05) is 13.2 Å². The van der Waals surface area contributed by atoms with Gasteiger partial charge in [0.15, 0.2) is 0 Å². The molecule has 0 aromatic heterocycles. The summed E-state index contributed by atoms with van der Waals surface area (Å²) < 4.78 is 5.60. The van der Waals surface area contributed by atoms with Crippen molar-refractivity contribution in [2.24, 2.45) is 17.8 Å². The first-order valence-corrected chi connectivity index (χ1v) is 12.5. The number of hydrogen-bond donors (Lipinski definition) is 3. The molecule has 0 radical (unpaired) electrons. The van der Waals surface area contributed by atoms with Crippen LogP contribution in [0.1, 0.15) is 56.6 Å². The highest BCUT2D eigenvalue weighted by Crippen LogP contribution is 2.44. The van der Waals surface area contributed by atoms with E-state index < -0.39 is 24.0 Å². The van der Waals surface area contributed by atoms with Crippen LogP contribution in [0.5, 0.6) is 0 Å². The number of amides is 2. The second-order valence-corrected chi connectivity index (χ2v) is 10.1. The molecule has 4 rings (SSSR count). The van der Waals surface area contributed by atoms with Gasteiger partial charge < -0.3 is 20.5 Å². The number of rotatable bonds is 11. The summed E-state index contributed by atoms with van der Waals surface area (Å²) in [4.78, 5) is 37.1. The molecule has 2 aliphatic carbocycles. The SMILES string of the molecule is CC(C)C[C@@H](NC(=O)OCC1c2ccccc2-c2ccccc21)C(=O)NCC(CC1CC1)C(=O)O. The summed E-state index contributed by atoms with van der Waals surface area (Å²) >= 11 is 0. The topological polar surface area (TPSA) is 105 Å². The highest BCUT2D eigenvalue weighted by atomic mass is 16.5. The Labute approximate surface area is 206 Å². The van der Waals surface area contributed by atoms with Gasteiger partial charge >= 0.3 is 12.1 Å². The molecule has 35 heavy (non-hydrogen) atoms. The van der Waals surface area contributed by atoms with Crippen LogP contribution in [0.15, 0.2) is 48.5 Å². The first-order chi connectivity index (χ1) is 16.8. The number of alkyl carbamates (subject to hydrolysis) is 1. The maximum absolute atomic E-state index is 12.9. The summed E-state index contributed by atoms with van der Waals surface area (Å²) in [7, 11) is 0. The van der Waals surface area contributed by atoms with E-state index >= 15 is 0 Å². The first kappa shape index (κ1) is 24.8. The maximum atomic E-state index is 12.9. The molecule has 1 fully saturated rings. The van der Waals surface area contributed by atoms with E-state index in [-0.39, 0.29) is 30.9 Å². The molecule has 3 N–H and O–H groups in total. The number of carboxylic acid groups (broad SMARTS) is 1. The van der Waals surface area contributed by atoms with E-state index in [4.69, 9.17) is 4.74 Å². The first-order valence-electron chi connectivity index (χ1n) is 12.5. The Kier molecular flexibility index (Phi) is 7.73. The van der Waals surface area contributed by atoms with Gasteiger partial charge in [-0.2, -0.15) is 0 Å². The summed E-state index contributed by atoms with van der Waals surface area (Å²) in [5, 5.41) is 14.9. The van der Waals surface area contributed by atoms with Gasteiger partial charge in [0, 0.05) is 12.5 Å². The van der Waals surface area contributed by atoms with E-state index in [2.05, 4.69) is 34.9 Å². The Bertz CT molecular complexity index is 1030. The molecule has 0 aliphatic heterocycles. The monoisotopic (exact) mass is 478 g/mol. The van der Waals surface area contributed by atoms with Crippen LogP contribution >= 0.6 is 0 Å². The van der Waals surface area contributed by atoms with Crippen LogP contribution < -0.4 is 10.6 Å². The van der Waals surface area contributed by atoms with E-state index in [0.717, 1.165) is 35.1 Å². The number of aliphatic carboxylic acids is 1. The third kappa shape index (κ3) is 6.21. The molecule has 0 saturated heterocycles. The van der Waals surface area contributed by atoms with Gasteiger partial charge in [-0.15, -0.1) is 0 Å². The van der Waals surface area contributed by atoms with Crippen molar-refractivity contribution in [1.82, 2.24) is 10.6 Å². The summed E-state index contributed by atoms with van der Waals surface area (Å²) in [6.07, 6.45) is 2.45. The van der Waals surface area contributed by atoms with Crippen LogP contribution in [0.4, 0.5) is 4.79 Å². The van der Waals surface area contributed by atoms with Crippen molar-refractivity contribution in [3.63, 3.8) is 0 Å². The standard InChI is InChI=1S/C28H34N2O5/c1-17(2)13-25(26(31)29-15-19(27(32)33)14-18-11-12-18)30-28(34)35-16-24-22-9-5-3-7-20(22)21-8-4-6-10-23(21)24/h3-10,17-19,24-25H,11-16H2,1-2H3,(H,29,31)(H,30,34)(H,32,33)/t19?,25-/m1/s1. The van der Waals surface area contributed by atoms with Crippen LogP contribution in [0, 0.1) is 17.8 Å². The Morgan fingerprint density at radius 2 is 1.60 bits per heavy atom. The van der Waals surface area contributed by atoms with Gasteiger partial charge in [-0.3, -0.25) is 9.59 Å². The van der Waals surface area contributed by atoms with E-state index in [1.807, 2.05) is 38.1 Å². The summed E-state index contributed by atoms with van der Waals surface area (Å²) in [6.45, 7) is 4.16. The van der Waals surface area contributed by atoms with Crippen LogP contribution in [-0.4, -0.2) is 42.3 Å². The van der Waals surface area contributed by atoms with Crippen molar-refractivity contribution >= 4 is 18.0 Å². The number of benzene rings is 2. The molecule has 2 aromatic rings. The minimum Gasteiger partial charge on any atom is -0.481 e. The Hall–Kier alpha value is -3.35. The van der Waals surface area contributed by atoms with E-state index in [1.165, 1.54) is 0 Å². The average Bonchev–Trinajstić information content (AvgIpc) is 3.60. The zero-order valence-corrected chi connectivity index (χ0v) is 20.3. The number of ether oxygens (including phenoxy) is 1. The number of carboxylic acids is 1. The average molecular weight is 479 g/mol. The molecule has 1 unspecified atom stereocenters. The largest absolute Gasteiger partial charge is 0.481 e. The molecule has 7 heteroatoms. The van der Waals surface area contributed by atoms with Crippen LogP contribution in [0.2, 0.25) is 0 Å². The number of fused-ring (bicyclic) bond motifs is 3. The molecule has 0 bridgehead atoms. The van der Waals surface area contributed by atoms with Crippen molar-refractivity contribution in [2.45, 2.75) is 51.5 Å². The molecule has 7 nitrogen and oxygen atoms in total. The Balaban J connectivity index is 1.35. The summed E-state index contributed by atoms with van der Waals surface area (Å²) in [5.74, 6) is -1.36. The lowest BCUT2D eigenvalue weighted by Gasteiger charge is -2.22. The van der Waals surface area contributed by atoms with Gasteiger partial charge in [-0.1, -0.05) is 75.2 Å². The minimum atomic E-state index is -0.901. The predicted octanol–water partition coefficient (Wildman–Crippen LogP) is 4.56. The Morgan fingerprint density at radius 3 is 2.14 bits per heavy atom. The summed E-state index contributed by atoms with van der Waals surface area (Å²) in [6, 6.07) is 15.4. The molecule has 2 atom stereocenters. The van der Waals surface area contributed by atoms with Crippen molar-refractivity contribution < 1.29 is 24.2 Å². The third-order valence-electron chi connectivity index (χ3n) is 6.85. The van der Waals surface area contributed by atoms with E-state index in [0.29, 0.717) is 18.8 Å². The fourth-order valence-corrected chi connectivity index (χ4v) is 4.86. The quantitative estimate of drug-likeness (QED) is 0.439. The molecule has 186 valence electrons. The fourth-order valence-electron chi connectivity index (χ4n) is 4.86. The molecule has 0 spiro atoms. The van der Waals surface area contributed by atoms with Crippen LogP contribution in [0.25, 0.3) is 11.1 Å². The number of carbonyl (C=O) groups is 3. The highest BCUT2D eigenvalue weighted by molar-refractivity contribution is 5.86. The third-order valence-corrected chi connectivity index (χ3v) is 6.85. The zero-order valence-electron chi connectivity index (χ0n) is 20.3. The van der Waals surface area contributed by atoms with Gasteiger partial charge in [-0.05, 0) is 46.9 Å². The van der Waals surface area contributed by atoms with Gasteiger partial charge in [0.25, 0.3) is 0 Å². The second kappa shape index (κ2) is 10.9. The predicted molar refractivity (Wildman–Crippen MR) is 133 cm³/mol. The number of nitrogens with one attached hydrogen (secondary N) is 2. The van der Waals surface area contributed by atoms with Crippen molar-refractivity contribution in [3.05, 3.63) is 59.7 Å². The van der Waals surface area contributed by atoms with Gasteiger partial charge in [0.05, 0.1) is 5.92 Å². The molecular weight excluding hydrogens is 444 g/mol. The lowest BCUT2D eigenvalue weighted by atomic mass is 9.98. The molecule has 2 amide bonds. The van der Waals surface area contributed by atoms with Gasteiger partial charge in [-0.25, -0.2) is 4.79 Å². The van der Waals surface area contributed by atoms with E-state index in [9.17, 15) is 19.5 Å². The normalized spacial score (nSPS) is 16.2. The summed E-state index contributed by atoms with van der Waals surface area (Å²) in [5.41, 5.74) is 4.53. The Morgan fingerprint density at radius 1 is 1.00 bits per heavy atom. The lowest BCUT2D eigenvalue weighted by molar-refractivity contribution is -0.142. The molecule has 0 heterocycles. The lowest BCUT2D eigenvalue weighted by Crippen LogP contribution is -2.49. The smallest absolute Gasteiger partial charge is 0.407 e. The van der Waals surface area contributed by atoms with Crippen molar-refractivity contribution in [3.8, 4) is 11.1 Å². The highest BCUT2D eigenvalue weighted by Gasteiger charge is 2.32. The van der Waals surface area contributed by atoms with Crippen LogP contribution in [0.3, 0.4) is 0 Å². The second-order valence-electron chi connectivity index (χ2n) is 10.1. The number of hydrogen-bond acceptors (Lipinski definition) is 4. The molecular formula is C28H34N2O5. The minimum absolute atomic E-state index is 0.0611. The zero-order chi connectivity index (χ0) is 24.9. The molecule has 2 aromatic carbocycles. The molecule has 1 saturated carbocycles. The fraction of sp³-hybridized carbons (Fsp3) is 0.464. The van der Waals surface area contributed by atoms with Crippen molar-refractivity contribution in [1.29, 1.82) is 0 Å². The maximum Gasteiger partial charge on any atom is 0.407 e. The number of carbonyl (C=O) groups excluding carboxylic acids is 2. The van der Waals surface area contributed by atoms with E-state index in [1.54, 1.807) is 0 Å².